The van der Waals surface area contributed by atoms with E-state index in [1.54, 1.807) is 11.3 Å². The van der Waals surface area contributed by atoms with E-state index in [9.17, 15) is 12.8 Å². The predicted molar refractivity (Wildman–Crippen MR) is 125 cm³/mol. The molecule has 1 aromatic heterocycles. The summed E-state index contributed by atoms with van der Waals surface area (Å²) in [6.45, 7) is 6.79. The molecule has 0 radical (unpaired) electrons. The predicted octanol–water partition coefficient (Wildman–Crippen LogP) is 3.77. The van der Waals surface area contributed by atoms with E-state index in [0.717, 1.165) is 12.5 Å². The second-order valence-corrected chi connectivity index (χ2v) is 9.72. The monoisotopic (exact) mass is 539 g/mol. The lowest BCUT2D eigenvalue weighted by Crippen LogP contribution is -2.43. The topological polar surface area (TPSA) is 70.6 Å². The minimum Gasteiger partial charge on any atom is -0.357 e. The molecule has 0 saturated heterocycles. The number of hydrogen-bond donors (Lipinski definition) is 2. The Morgan fingerprint density at radius 2 is 1.96 bits per heavy atom. The van der Waals surface area contributed by atoms with Crippen LogP contribution in [0, 0.1) is 12.7 Å². The van der Waals surface area contributed by atoms with E-state index in [1.165, 1.54) is 28.0 Å². The molecule has 0 spiro atoms. The average Bonchev–Trinajstić information content (AvgIpc) is 2.99. The van der Waals surface area contributed by atoms with Crippen molar-refractivity contribution in [3.8, 4) is 0 Å². The number of guanidine groups is 1. The van der Waals surface area contributed by atoms with Crippen molar-refractivity contribution in [2.24, 2.45) is 4.99 Å². The fourth-order valence-corrected chi connectivity index (χ4v) is 4.81. The lowest BCUT2D eigenvalue weighted by molar-refractivity contribution is 0.567. The molecular formula is C19H27FIN3O2S2. The van der Waals surface area contributed by atoms with Gasteiger partial charge in [-0.25, -0.2) is 12.8 Å². The van der Waals surface area contributed by atoms with Gasteiger partial charge in [0.05, 0.1) is 12.3 Å². The van der Waals surface area contributed by atoms with E-state index in [4.69, 9.17) is 0 Å². The lowest BCUT2D eigenvalue weighted by atomic mass is 10.2. The Hall–Kier alpha value is -1.20. The Kier molecular flexibility index (Phi) is 10.4. The molecule has 1 atom stereocenters. The van der Waals surface area contributed by atoms with Crippen LogP contribution in [-0.2, 0) is 16.3 Å². The normalized spacial score (nSPS) is 12.9. The molecule has 5 nitrogen and oxygen atoms in total. The highest BCUT2D eigenvalue weighted by atomic mass is 127. The van der Waals surface area contributed by atoms with E-state index >= 15 is 0 Å². The Morgan fingerprint density at radius 1 is 1.25 bits per heavy atom. The van der Waals surface area contributed by atoms with Gasteiger partial charge in [-0.1, -0.05) is 12.1 Å². The third-order valence-corrected chi connectivity index (χ3v) is 6.58. The van der Waals surface area contributed by atoms with Gasteiger partial charge in [-0.2, -0.15) is 0 Å². The summed E-state index contributed by atoms with van der Waals surface area (Å²) in [7, 11) is -3.71. The first-order valence-electron chi connectivity index (χ1n) is 8.89. The molecule has 2 rings (SSSR count). The molecule has 0 aliphatic carbocycles. The molecule has 0 fully saturated rings. The molecule has 0 aliphatic rings. The molecule has 9 heteroatoms. The van der Waals surface area contributed by atoms with Gasteiger partial charge in [-0.3, -0.25) is 4.99 Å². The fraction of sp³-hybridized carbons (Fsp3) is 0.421. The summed E-state index contributed by atoms with van der Waals surface area (Å²) in [6.07, 6.45) is 0.858. The van der Waals surface area contributed by atoms with E-state index in [0.29, 0.717) is 12.5 Å². The number of halogens is 2. The number of aliphatic imine (C=N–C) groups is 1. The molecule has 0 bridgehead atoms. The SMILES string of the molecule is CCNC(=NCCS(=O)(=O)c1ccccc1F)NC(C)Cc1ccc(C)s1.I. The summed E-state index contributed by atoms with van der Waals surface area (Å²) in [5, 5.41) is 6.41. The minimum atomic E-state index is -3.71. The Morgan fingerprint density at radius 3 is 2.57 bits per heavy atom. The van der Waals surface area contributed by atoms with Crippen LogP contribution in [-0.4, -0.2) is 39.3 Å². The third-order valence-electron chi connectivity index (χ3n) is 3.83. The zero-order valence-electron chi connectivity index (χ0n) is 16.2. The first-order valence-corrected chi connectivity index (χ1v) is 11.4. The molecule has 156 valence electrons. The smallest absolute Gasteiger partial charge is 0.191 e. The molecule has 1 heterocycles. The van der Waals surface area contributed by atoms with Gasteiger partial charge in [0, 0.05) is 28.8 Å². The van der Waals surface area contributed by atoms with Crippen LogP contribution in [0.5, 0.6) is 0 Å². The quantitative estimate of drug-likeness (QED) is 0.305. The maximum absolute atomic E-state index is 13.7. The molecule has 28 heavy (non-hydrogen) atoms. The van der Waals surface area contributed by atoms with E-state index in [2.05, 4.69) is 41.6 Å². The molecule has 2 N–H and O–H groups in total. The molecule has 0 amide bonds. The zero-order chi connectivity index (χ0) is 19.9. The summed E-state index contributed by atoms with van der Waals surface area (Å²) in [4.78, 5) is 6.62. The van der Waals surface area contributed by atoms with Crippen LogP contribution >= 0.6 is 35.3 Å². The van der Waals surface area contributed by atoms with E-state index in [-0.39, 0.29) is 47.2 Å². The van der Waals surface area contributed by atoms with Gasteiger partial charge >= 0.3 is 0 Å². The second-order valence-electron chi connectivity index (χ2n) is 6.27. The maximum atomic E-state index is 13.7. The maximum Gasteiger partial charge on any atom is 0.191 e. The van der Waals surface area contributed by atoms with Gasteiger partial charge < -0.3 is 10.6 Å². The highest BCUT2D eigenvalue weighted by molar-refractivity contribution is 14.0. The van der Waals surface area contributed by atoms with Crippen LogP contribution < -0.4 is 10.6 Å². The number of hydrogen-bond acceptors (Lipinski definition) is 4. The van der Waals surface area contributed by atoms with Crippen molar-refractivity contribution in [2.45, 2.75) is 38.1 Å². The standard InChI is InChI=1S/C19H26FN3O2S2.HI/c1-4-21-19(23-14(2)13-16-10-9-15(3)26-16)22-11-12-27(24,25)18-8-6-5-7-17(18)20;/h5-10,14H,4,11-13H2,1-3H3,(H2,21,22,23);1H. The van der Waals surface area contributed by atoms with Crippen molar-refractivity contribution < 1.29 is 12.8 Å². The van der Waals surface area contributed by atoms with Crippen LogP contribution in [0.25, 0.3) is 0 Å². The van der Waals surface area contributed by atoms with Gasteiger partial charge in [0.15, 0.2) is 15.8 Å². The van der Waals surface area contributed by atoms with E-state index in [1.807, 2.05) is 6.92 Å². The number of aryl methyl sites for hydroxylation is 1. The molecule has 1 aromatic carbocycles. The van der Waals surface area contributed by atoms with Crippen molar-refractivity contribution in [3.05, 3.63) is 52.0 Å². The summed E-state index contributed by atoms with van der Waals surface area (Å²) >= 11 is 1.76. The number of nitrogens with zero attached hydrogens (tertiary/aromatic N) is 1. The van der Waals surface area contributed by atoms with Crippen molar-refractivity contribution in [1.29, 1.82) is 0 Å². The van der Waals surface area contributed by atoms with Gasteiger partial charge in [-0.05, 0) is 45.0 Å². The minimum absolute atomic E-state index is 0. The zero-order valence-corrected chi connectivity index (χ0v) is 20.2. The highest BCUT2D eigenvalue weighted by Gasteiger charge is 2.18. The van der Waals surface area contributed by atoms with Crippen LogP contribution in [0.3, 0.4) is 0 Å². The van der Waals surface area contributed by atoms with Crippen LogP contribution in [0.15, 0.2) is 46.3 Å². The van der Waals surface area contributed by atoms with Gasteiger partial charge in [-0.15, -0.1) is 35.3 Å². The average molecular weight is 539 g/mol. The van der Waals surface area contributed by atoms with Crippen LogP contribution in [0.4, 0.5) is 4.39 Å². The summed E-state index contributed by atoms with van der Waals surface area (Å²) in [5.41, 5.74) is 0. The number of nitrogens with one attached hydrogen (secondary N) is 2. The Bertz CT molecular complexity index is 885. The first-order chi connectivity index (χ1) is 12.8. The number of sulfone groups is 1. The molecule has 2 aromatic rings. The van der Waals surface area contributed by atoms with Crippen molar-refractivity contribution in [3.63, 3.8) is 0 Å². The summed E-state index contributed by atoms with van der Waals surface area (Å²) in [6, 6.07) is 9.76. The van der Waals surface area contributed by atoms with Crippen molar-refractivity contribution >= 4 is 51.1 Å². The van der Waals surface area contributed by atoms with Crippen molar-refractivity contribution in [2.75, 3.05) is 18.8 Å². The molecule has 1 unspecified atom stereocenters. The lowest BCUT2D eigenvalue weighted by Gasteiger charge is -2.17. The van der Waals surface area contributed by atoms with E-state index < -0.39 is 15.7 Å². The Labute approximate surface area is 187 Å². The fourth-order valence-electron chi connectivity index (χ4n) is 2.59. The van der Waals surface area contributed by atoms with Gasteiger partial charge in [0.2, 0.25) is 0 Å². The largest absolute Gasteiger partial charge is 0.357 e. The summed E-state index contributed by atoms with van der Waals surface area (Å²) < 4.78 is 38.4. The highest BCUT2D eigenvalue weighted by Crippen LogP contribution is 2.17. The second kappa shape index (κ2) is 11.7. The summed E-state index contributed by atoms with van der Waals surface area (Å²) in [5.74, 6) is -0.420. The molecule has 0 aliphatic heterocycles. The molecular weight excluding hydrogens is 512 g/mol. The van der Waals surface area contributed by atoms with Gasteiger partial charge in [0.1, 0.15) is 10.7 Å². The first kappa shape index (κ1) is 24.8. The van der Waals surface area contributed by atoms with Crippen LogP contribution in [0.2, 0.25) is 0 Å². The number of thiophene rings is 1. The van der Waals surface area contributed by atoms with Crippen molar-refractivity contribution in [1.82, 2.24) is 10.6 Å². The van der Waals surface area contributed by atoms with Gasteiger partial charge in [0.25, 0.3) is 0 Å². The molecule has 0 saturated carbocycles. The number of rotatable bonds is 8. The third kappa shape index (κ3) is 7.67. The van der Waals surface area contributed by atoms with Crippen LogP contribution in [0.1, 0.15) is 23.6 Å². The Balaban J connectivity index is 0.00000392. The number of benzene rings is 1.